The Bertz CT molecular complexity index is 614. The van der Waals surface area contributed by atoms with Crippen molar-refractivity contribution in [1.82, 2.24) is 4.98 Å². The number of methoxy groups -OCH3 is 1. The molecule has 0 aliphatic heterocycles. The van der Waals surface area contributed by atoms with Gasteiger partial charge in [-0.15, -0.1) is 0 Å². The van der Waals surface area contributed by atoms with Crippen molar-refractivity contribution >= 4 is 17.3 Å². The minimum Gasteiger partial charge on any atom is -0.505 e. The lowest BCUT2D eigenvalue weighted by Crippen LogP contribution is -2.14. The number of anilines is 2. The molecule has 0 bridgehead atoms. The minimum atomic E-state index is -0.543. The Morgan fingerprint density at radius 1 is 1.42 bits per heavy atom. The molecule has 1 heterocycles. The number of carbonyl (C=O) groups is 1. The zero-order valence-corrected chi connectivity index (χ0v) is 10.3. The molecule has 1 aromatic heterocycles. The Morgan fingerprint density at radius 3 is 2.89 bits per heavy atom. The number of nitrogens with two attached hydrogens (primary N) is 1. The summed E-state index contributed by atoms with van der Waals surface area (Å²) in [7, 11) is 1.52. The Morgan fingerprint density at radius 2 is 2.21 bits per heavy atom. The van der Waals surface area contributed by atoms with Crippen LogP contribution in [0.3, 0.4) is 0 Å². The number of hydrogen-bond donors (Lipinski definition) is 3. The van der Waals surface area contributed by atoms with Gasteiger partial charge in [0, 0.05) is 12.3 Å². The van der Waals surface area contributed by atoms with Crippen molar-refractivity contribution < 1.29 is 14.6 Å². The van der Waals surface area contributed by atoms with Gasteiger partial charge in [0.25, 0.3) is 5.91 Å². The molecule has 19 heavy (non-hydrogen) atoms. The molecule has 0 radical (unpaired) electrons. The Kier molecular flexibility index (Phi) is 3.51. The first-order valence-electron chi connectivity index (χ1n) is 5.50. The number of carbonyl (C=O) groups excluding carboxylic acids is 1. The summed E-state index contributed by atoms with van der Waals surface area (Å²) in [5, 5.41) is 12.1. The molecule has 0 saturated carbocycles. The number of nitrogen functional groups attached to an aromatic ring is 1. The molecule has 0 aliphatic carbocycles. The number of rotatable bonds is 3. The molecule has 6 nitrogen and oxygen atoms in total. The summed E-state index contributed by atoms with van der Waals surface area (Å²) in [5.74, 6) is -0.172. The predicted molar refractivity (Wildman–Crippen MR) is 71.3 cm³/mol. The lowest BCUT2D eigenvalue weighted by atomic mass is 10.2. The maximum absolute atomic E-state index is 12.0. The molecule has 1 amide bonds. The number of pyridine rings is 1. The molecule has 98 valence electrons. The fourth-order valence-electron chi connectivity index (χ4n) is 1.52. The van der Waals surface area contributed by atoms with E-state index < -0.39 is 5.91 Å². The van der Waals surface area contributed by atoms with Gasteiger partial charge in [-0.05, 0) is 24.3 Å². The number of hydrogen-bond acceptors (Lipinski definition) is 5. The number of aromatic hydroxyl groups is 1. The summed E-state index contributed by atoms with van der Waals surface area (Å²) in [5.41, 5.74) is 6.48. The molecular formula is C13H13N3O3. The molecule has 1 aromatic carbocycles. The van der Waals surface area contributed by atoms with Crippen molar-refractivity contribution in [1.29, 1.82) is 0 Å². The minimum absolute atomic E-state index is 0.0651. The fraction of sp³-hybridized carbons (Fsp3) is 0.0769. The van der Waals surface area contributed by atoms with Gasteiger partial charge in [0.15, 0.2) is 5.69 Å². The van der Waals surface area contributed by atoms with Crippen LogP contribution in [-0.2, 0) is 0 Å². The predicted octanol–water partition coefficient (Wildman–Crippen LogP) is 1.63. The first-order chi connectivity index (χ1) is 9.11. The molecule has 6 heteroatoms. The third kappa shape index (κ3) is 2.74. The van der Waals surface area contributed by atoms with Gasteiger partial charge in [-0.25, -0.2) is 4.98 Å². The van der Waals surface area contributed by atoms with Crippen molar-refractivity contribution in [2.75, 3.05) is 18.2 Å². The van der Waals surface area contributed by atoms with E-state index in [2.05, 4.69) is 10.3 Å². The van der Waals surface area contributed by atoms with Crippen molar-refractivity contribution in [3.05, 3.63) is 42.2 Å². The van der Waals surface area contributed by atoms with Gasteiger partial charge >= 0.3 is 0 Å². The lowest BCUT2D eigenvalue weighted by Gasteiger charge is -2.10. The average Bonchev–Trinajstić information content (AvgIpc) is 2.41. The van der Waals surface area contributed by atoms with Gasteiger partial charge in [-0.3, -0.25) is 4.79 Å². The largest absolute Gasteiger partial charge is 0.505 e. The maximum Gasteiger partial charge on any atom is 0.278 e. The summed E-state index contributed by atoms with van der Waals surface area (Å²) in [6, 6.07) is 7.81. The molecule has 0 unspecified atom stereocenters. The van der Waals surface area contributed by atoms with Crippen LogP contribution in [0.15, 0.2) is 36.5 Å². The summed E-state index contributed by atoms with van der Waals surface area (Å²) in [4.78, 5) is 15.8. The average molecular weight is 259 g/mol. The van der Waals surface area contributed by atoms with Gasteiger partial charge in [0.05, 0.1) is 18.5 Å². The van der Waals surface area contributed by atoms with Crippen LogP contribution in [0.5, 0.6) is 11.5 Å². The maximum atomic E-state index is 12.0. The Hall–Kier alpha value is -2.76. The molecule has 0 atom stereocenters. The van der Waals surface area contributed by atoms with Crippen LogP contribution in [0.1, 0.15) is 10.5 Å². The topological polar surface area (TPSA) is 97.5 Å². The van der Waals surface area contributed by atoms with Crippen LogP contribution in [0, 0.1) is 0 Å². The Balaban J connectivity index is 2.26. The first-order valence-corrected chi connectivity index (χ1v) is 5.50. The Labute approximate surface area is 109 Å². The normalized spacial score (nSPS) is 9.95. The zero-order chi connectivity index (χ0) is 13.8. The van der Waals surface area contributed by atoms with Gasteiger partial charge in [0.2, 0.25) is 0 Å². The second-order valence-corrected chi connectivity index (χ2v) is 3.78. The van der Waals surface area contributed by atoms with Crippen molar-refractivity contribution in [2.45, 2.75) is 0 Å². The van der Waals surface area contributed by atoms with Crippen LogP contribution in [0.25, 0.3) is 0 Å². The molecule has 4 N–H and O–H groups in total. The van der Waals surface area contributed by atoms with Gasteiger partial charge in [0.1, 0.15) is 11.5 Å². The highest BCUT2D eigenvalue weighted by molar-refractivity contribution is 6.06. The summed E-state index contributed by atoms with van der Waals surface area (Å²) >= 11 is 0. The molecule has 2 rings (SSSR count). The van der Waals surface area contributed by atoms with Crippen molar-refractivity contribution in [3.8, 4) is 11.5 Å². The lowest BCUT2D eigenvalue weighted by molar-refractivity contribution is 0.101. The third-order valence-corrected chi connectivity index (χ3v) is 2.51. The van der Waals surface area contributed by atoms with Crippen LogP contribution in [0.2, 0.25) is 0 Å². The third-order valence-electron chi connectivity index (χ3n) is 2.51. The van der Waals surface area contributed by atoms with E-state index in [1.807, 2.05) is 0 Å². The molecule has 0 fully saturated rings. The fourth-order valence-corrected chi connectivity index (χ4v) is 1.52. The van der Waals surface area contributed by atoms with Crippen LogP contribution in [0.4, 0.5) is 11.4 Å². The summed E-state index contributed by atoms with van der Waals surface area (Å²) in [6.07, 6.45) is 1.42. The molecule has 0 saturated heterocycles. The van der Waals surface area contributed by atoms with Crippen molar-refractivity contribution in [3.63, 3.8) is 0 Å². The van der Waals surface area contributed by atoms with E-state index in [0.29, 0.717) is 17.1 Å². The monoisotopic (exact) mass is 259 g/mol. The number of nitrogens with one attached hydrogen (secondary N) is 1. The van der Waals surface area contributed by atoms with Gasteiger partial charge in [-0.2, -0.15) is 0 Å². The quantitative estimate of drug-likeness (QED) is 0.728. The highest BCUT2D eigenvalue weighted by Gasteiger charge is 2.13. The van der Waals surface area contributed by atoms with Crippen molar-refractivity contribution in [2.24, 2.45) is 0 Å². The van der Waals surface area contributed by atoms with E-state index in [1.54, 1.807) is 18.2 Å². The van der Waals surface area contributed by atoms with Gasteiger partial charge < -0.3 is 20.9 Å². The number of ether oxygens (including phenoxy) is 1. The molecular weight excluding hydrogens is 246 g/mol. The van der Waals surface area contributed by atoms with E-state index in [9.17, 15) is 9.90 Å². The standard InChI is InChI=1S/C13H13N3O3/c1-19-8-4-5-9(14)10(7-8)16-13(18)12-11(17)3-2-6-15-12/h2-7,17H,14H2,1H3,(H,16,18). The van der Waals surface area contributed by atoms with E-state index >= 15 is 0 Å². The summed E-state index contributed by atoms with van der Waals surface area (Å²) in [6.45, 7) is 0. The molecule has 0 aliphatic rings. The smallest absolute Gasteiger partial charge is 0.278 e. The van der Waals surface area contributed by atoms with Crippen LogP contribution < -0.4 is 15.8 Å². The van der Waals surface area contributed by atoms with E-state index in [-0.39, 0.29) is 11.4 Å². The zero-order valence-electron chi connectivity index (χ0n) is 10.3. The number of aromatic nitrogens is 1. The summed E-state index contributed by atoms with van der Waals surface area (Å²) < 4.78 is 5.05. The highest BCUT2D eigenvalue weighted by atomic mass is 16.5. The van der Waals surface area contributed by atoms with Crippen LogP contribution >= 0.6 is 0 Å². The van der Waals surface area contributed by atoms with Crippen LogP contribution in [-0.4, -0.2) is 23.1 Å². The number of benzene rings is 1. The second-order valence-electron chi connectivity index (χ2n) is 3.78. The highest BCUT2D eigenvalue weighted by Crippen LogP contribution is 2.25. The number of nitrogens with zero attached hydrogens (tertiary/aromatic N) is 1. The first kappa shape index (κ1) is 12.7. The van der Waals surface area contributed by atoms with E-state index in [0.717, 1.165) is 0 Å². The molecule has 0 spiro atoms. The molecule has 2 aromatic rings. The van der Waals surface area contributed by atoms with E-state index in [1.165, 1.54) is 25.4 Å². The van der Waals surface area contributed by atoms with Gasteiger partial charge in [-0.1, -0.05) is 0 Å². The second kappa shape index (κ2) is 5.26. The SMILES string of the molecule is COc1ccc(N)c(NC(=O)c2ncccc2O)c1. The number of amides is 1. The van der Waals surface area contributed by atoms with E-state index in [4.69, 9.17) is 10.5 Å².